The van der Waals surface area contributed by atoms with Gasteiger partial charge in [-0.3, -0.25) is 9.69 Å². The van der Waals surface area contributed by atoms with Crippen LogP contribution in [0.3, 0.4) is 0 Å². The van der Waals surface area contributed by atoms with Crippen LogP contribution in [0.15, 0.2) is 30.3 Å². The summed E-state index contributed by atoms with van der Waals surface area (Å²) in [6.07, 6.45) is -0.00853. The van der Waals surface area contributed by atoms with Gasteiger partial charge in [0.25, 0.3) is 0 Å². The fourth-order valence-corrected chi connectivity index (χ4v) is 2.45. The lowest BCUT2D eigenvalue weighted by Gasteiger charge is -2.39. The zero-order valence-electron chi connectivity index (χ0n) is 11.2. The molecule has 19 heavy (non-hydrogen) atoms. The normalized spacial score (nSPS) is 20.0. The standard InChI is InChI=1S/C15H19N3O/c1-13-11-18(15(19)7-8-16)10-9-17(13)12-14-5-3-2-4-6-14/h2-6,13H,7,9-12H2,1H3. The van der Waals surface area contributed by atoms with E-state index in [9.17, 15) is 4.79 Å². The Hall–Kier alpha value is -1.86. The van der Waals surface area contributed by atoms with Crippen molar-refractivity contribution in [1.82, 2.24) is 9.80 Å². The molecule has 1 aliphatic rings. The van der Waals surface area contributed by atoms with Crippen LogP contribution in [0.25, 0.3) is 0 Å². The highest BCUT2D eigenvalue weighted by Gasteiger charge is 2.26. The third kappa shape index (κ3) is 3.55. The minimum Gasteiger partial charge on any atom is -0.339 e. The number of piperazine rings is 1. The average molecular weight is 257 g/mol. The van der Waals surface area contributed by atoms with Gasteiger partial charge in [0.1, 0.15) is 6.42 Å². The van der Waals surface area contributed by atoms with Gasteiger partial charge in [-0.05, 0) is 12.5 Å². The number of hydrogen-bond acceptors (Lipinski definition) is 3. The van der Waals surface area contributed by atoms with Gasteiger partial charge in [-0.15, -0.1) is 0 Å². The maximum absolute atomic E-state index is 11.7. The van der Waals surface area contributed by atoms with Crippen LogP contribution in [0.5, 0.6) is 0 Å². The summed E-state index contributed by atoms with van der Waals surface area (Å²) >= 11 is 0. The third-order valence-corrected chi connectivity index (χ3v) is 3.58. The zero-order valence-corrected chi connectivity index (χ0v) is 11.2. The van der Waals surface area contributed by atoms with Crippen LogP contribution in [0, 0.1) is 11.3 Å². The largest absolute Gasteiger partial charge is 0.339 e. The van der Waals surface area contributed by atoms with Crippen LogP contribution < -0.4 is 0 Å². The van der Waals surface area contributed by atoms with Gasteiger partial charge < -0.3 is 4.90 Å². The lowest BCUT2D eigenvalue weighted by atomic mass is 10.1. The minimum atomic E-state index is -0.0475. The first-order valence-electron chi connectivity index (χ1n) is 6.63. The van der Waals surface area contributed by atoms with Crippen LogP contribution in [0.1, 0.15) is 18.9 Å². The topological polar surface area (TPSA) is 47.3 Å². The number of hydrogen-bond donors (Lipinski definition) is 0. The van der Waals surface area contributed by atoms with E-state index in [1.807, 2.05) is 24.3 Å². The van der Waals surface area contributed by atoms with Crippen LogP contribution in [-0.2, 0) is 11.3 Å². The molecule has 4 nitrogen and oxygen atoms in total. The summed E-state index contributed by atoms with van der Waals surface area (Å²) in [5, 5.41) is 8.57. The van der Waals surface area contributed by atoms with Gasteiger partial charge in [0.05, 0.1) is 6.07 Å². The van der Waals surface area contributed by atoms with Crippen LogP contribution in [-0.4, -0.2) is 41.4 Å². The van der Waals surface area contributed by atoms with E-state index in [1.54, 1.807) is 4.90 Å². The summed E-state index contributed by atoms with van der Waals surface area (Å²) in [6, 6.07) is 12.6. The smallest absolute Gasteiger partial charge is 0.236 e. The predicted octanol–water partition coefficient (Wildman–Crippen LogP) is 1.63. The fraction of sp³-hybridized carbons (Fsp3) is 0.467. The number of carbonyl (C=O) groups is 1. The highest BCUT2D eigenvalue weighted by molar-refractivity contribution is 5.78. The Kier molecular flexibility index (Phi) is 4.53. The van der Waals surface area contributed by atoms with Crippen molar-refractivity contribution in [3.05, 3.63) is 35.9 Å². The fourth-order valence-electron chi connectivity index (χ4n) is 2.45. The van der Waals surface area contributed by atoms with Gasteiger partial charge in [0.2, 0.25) is 5.91 Å². The van der Waals surface area contributed by atoms with E-state index in [4.69, 9.17) is 5.26 Å². The number of carbonyl (C=O) groups excluding carboxylic acids is 1. The molecule has 1 aromatic carbocycles. The summed E-state index contributed by atoms with van der Waals surface area (Å²) in [5.74, 6) is -0.0475. The van der Waals surface area contributed by atoms with Crippen molar-refractivity contribution in [2.45, 2.75) is 25.9 Å². The molecule has 0 spiro atoms. The molecule has 0 saturated carbocycles. The second kappa shape index (κ2) is 6.35. The lowest BCUT2D eigenvalue weighted by molar-refractivity contribution is -0.133. The Morgan fingerprint density at radius 1 is 1.37 bits per heavy atom. The van der Waals surface area contributed by atoms with Gasteiger partial charge in [-0.1, -0.05) is 30.3 Å². The Morgan fingerprint density at radius 3 is 2.74 bits per heavy atom. The van der Waals surface area contributed by atoms with Gasteiger partial charge in [-0.25, -0.2) is 0 Å². The van der Waals surface area contributed by atoms with Crippen molar-refractivity contribution in [3.8, 4) is 6.07 Å². The van der Waals surface area contributed by atoms with Crippen molar-refractivity contribution in [3.63, 3.8) is 0 Å². The van der Waals surface area contributed by atoms with Crippen LogP contribution in [0.2, 0.25) is 0 Å². The summed E-state index contributed by atoms with van der Waals surface area (Å²) < 4.78 is 0. The van der Waals surface area contributed by atoms with Gasteiger partial charge in [-0.2, -0.15) is 5.26 Å². The van der Waals surface area contributed by atoms with E-state index in [-0.39, 0.29) is 12.3 Å². The molecule has 0 bridgehead atoms. The molecule has 1 aliphatic heterocycles. The molecule has 4 heteroatoms. The van der Waals surface area contributed by atoms with Crippen molar-refractivity contribution < 1.29 is 4.79 Å². The Bertz CT molecular complexity index is 466. The molecule has 1 atom stereocenters. The number of nitriles is 1. The van der Waals surface area contributed by atoms with E-state index in [1.165, 1.54) is 5.56 Å². The number of benzene rings is 1. The zero-order chi connectivity index (χ0) is 13.7. The number of amides is 1. The van der Waals surface area contributed by atoms with Crippen molar-refractivity contribution in [2.75, 3.05) is 19.6 Å². The second-order valence-electron chi connectivity index (χ2n) is 4.98. The summed E-state index contributed by atoms with van der Waals surface area (Å²) in [7, 11) is 0. The highest BCUT2D eigenvalue weighted by Crippen LogP contribution is 2.14. The molecule has 1 saturated heterocycles. The van der Waals surface area contributed by atoms with E-state index < -0.39 is 0 Å². The van der Waals surface area contributed by atoms with Crippen molar-refractivity contribution in [1.29, 1.82) is 5.26 Å². The molecular formula is C15H19N3O. The lowest BCUT2D eigenvalue weighted by Crippen LogP contribution is -2.53. The highest BCUT2D eigenvalue weighted by atomic mass is 16.2. The number of nitrogens with zero attached hydrogens (tertiary/aromatic N) is 3. The molecule has 2 rings (SSSR count). The number of rotatable bonds is 3. The second-order valence-corrected chi connectivity index (χ2v) is 4.98. The van der Waals surface area contributed by atoms with Gasteiger partial charge in [0, 0.05) is 32.2 Å². The minimum absolute atomic E-state index is 0.00853. The molecule has 1 amide bonds. The molecule has 100 valence electrons. The quantitative estimate of drug-likeness (QED) is 0.827. The van der Waals surface area contributed by atoms with Crippen molar-refractivity contribution >= 4 is 5.91 Å². The molecule has 0 aromatic heterocycles. The Labute approximate surface area is 114 Å². The van der Waals surface area contributed by atoms with E-state index >= 15 is 0 Å². The third-order valence-electron chi connectivity index (χ3n) is 3.58. The maximum atomic E-state index is 11.7. The molecule has 0 N–H and O–H groups in total. The molecule has 1 heterocycles. The first kappa shape index (κ1) is 13.6. The molecular weight excluding hydrogens is 238 g/mol. The van der Waals surface area contributed by atoms with E-state index in [0.717, 1.165) is 19.6 Å². The van der Waals surface area contributed by atoms with Crippen molar-refractivity contribution in [2.24, 2.45) is 0 Å². The molecule has 0 aliphatic carbocycles. The molecule has 0 radical (unpaired) electrons. The summed E-state index contributed by atoms with van der Waals surface area (Å²) in [6.45, 7) is 5.36. The average Bonchev–Trinajstić information content (AvgIpc) is 2.42. The summed E-state index contributed by atoms with van der Waals surface area (Å²) in [4.78, 5) is 15.9. The predicted molar refractivity (Wildman–Crippen MR) is 73.1 cm³/mol. The summed E-state index contributed by atoms with van der Waals surface area (Å²) in [5.41, 5.74) is 1.30. The van der Waals surface area contributed by atoms with Gasteiger partial charge in [0.15, 0.2) is 0 Å². The Morgan fingerprint density at radius 2 is 2.11 bits per heavy atom. The molecule has 1 unspecified atom stereocenters. The van der Waals surface area contributed by atoms with Crippen LogP contribution >= 0.6 is 0 Å². The first-order valence-corrected chi connectivity index (χ1v) is 6.63. The maximum Gasteiger partial charge on any atom is 0.236 e. The monoisotopic (exact) mass is 257 g/mol. The Balaban J connectivity index is 1.91. The molecule has 1 aromatic rings. The first-order chi connectivity index (χ1) is 9.20. The SMILES string of the molecule is CC1CN(C(=O)CC#N)CCN1Cc1ccccc1. The van der Waals surface area contributed by atoms with E-state index in [0.29, 0.717) is 12.6 Å². The molecule has 1 fully saturated rings. The van der Waals surface area contributed by atoms with Gasteiger partial charge >= 0.3 is 0 Å². The van der Waals surface area contributed by atoms with Crippen LogP contribution in [0.4, 0.5) is 0 Å². The van der Waals surface area contributed by atoms with E-state index in [2.05, 4.69) is 24.0 Å².